The van der Waals surface area contributed by atoms with E-state index >= 15 is 0 Å². The third kappa shape index (κ3) is 7.85. The predicted molar refractivity (Wildman–Crippen MR) is 140 cm³/mol. The van der Waals surface area contributed by atoms with Crippen molar-refractivity contribution in [1.29, 1.82) is 0 Å². The fraction of sp³-hybridized carbons (Fsp3) is 0.478. The van der Waals surface area contributed by atoms with Gasteiger partial charge in [0.05, 0.1) is 5.52 Å². The number of guanidine groups is 1. The molecule has 8 N–H and O–H groups in total. The number of carbonyl (C=O) groups excluding carboxylic acids is 1. The number of nitrogens with zero attached hydrogens (tertiary/aromatic N) is 6. The lowest BCUT2D eigenvalue weighted by atomic mass is 10.1. The number of carbonyl (C=O) groups is 1. The summed E-state index contributed by atoms with van der Waals surface area (Å²) in [6.45, 7) is 2.57. The molecule has 0 saturated heterocycles. The molecule has 2 aromatic heterocycles. The molecule has 0 saturated carbocycles. The smallest absolute Gasteiger partial charge is 0.349 e. The van der Waals surface area contributed by atoms with Gasteiger partial charge < -0.3 is 27.8 Å². The Morgan fingerprint density at radius 2 is 1.97 bits per heavy atom. The van der Waals surface area contributed by atoms with Crippen LogP contribution in [0, 0.1) is 0 Å². The Kier molecular flexibility index (Phi) is 9.89. The predicted octanol–water partition coefficient (Wildman–Crippen LogP) is -0.0819. The van der Waals surface area contributed by atoms with E-state index in [-0.39, 0.29) is 23.7 Å². The molecule has 1 aromatic carbocycles. The molecule has 1 amide bonds. The number of aryl methyl sites for hydroxylation is 2. The first-order chi connectivity index (χ1) is 17.4. The van der Waals surface area contributed by atoms with Crippen molar-refractivity contribution in [3.8, 4) is 0 Å². The van der Waals surface area contributed by atoms with Gasteiger partial charge in [0.15, 0.2) is 5.96 Å². The van der Waals surface area contributed by atoms with Gasteiger partial charge in [-0.25, -0.2) is 9.48 Å². The Hall–Kier alpha value is -3.84. The first-order valence-corrected chi connectivity index (χ1v) is 12.0. The zero-order chi connectivity index (χ0) is 25.9. The Morgan fingerprint density at radius 1 is 1.17 bits per heavy atom. The average Bonchev–Trinajstić information content (AvgIpc) is 3.22. The van der Waals surface area contributed by atoms with Crippen LogP contribution in [-0.4, -0.2) is 62.1 Å². The normalized spacial score (nSPS) is 11.9. The minimum absolute atomic E-state index is 0.0979. The van der Waals surface area contributed by atoms with Crippen LogP contribution in [0.5, 0.6) is 0 Å². The second kappa shape index (κ2) is 13.3. The molecule has 1 atom stereocenters. The molecule has 13 nitrogen and oxygen atoms in total. The molecular formula is C23H35N11O2. The number of hydrogen-bond donors (Lipinski definition) is 5. The van der Waals surface area contributed by atoms with Crippen molar-refractivity contribution < 1.29 is 4.79 Å². The van der Waals surface area contributed by atoms with E-state index in [1.807, 2.05) is 0 Å². The second-order valence-corrected chi connectivity index (χ2v) is 8.54. The highest BCUT2D eigenvalue weighted by Gasteiger charge is 2.12. The van der Waals surface area contributed by atoms with Gasteiger partial charge in [0.2, 0.25) is 0 Å². The standard InChI is InChI=1S/C23H35N11O2/c1-33-19-8-7-16(15-18(19)31-32-33)21(35)29-20-9-14-34(23(36)30-20)13-3-6-17(27-12-4-10-24)5-2-11-28-22(25)26/h7-9,14-15,17,27H,2-6,10-13,24H2,1H3,(H4,25,26,28)(H,29,30,35,36)/t17-/m0/s1. The molecule has 0 radical (unpaired) electrons. The van der Waals surface area contributed by atoms with Gasteiger partial charge in [-0.15, -0.1) is 5.10 Å². The van der Waals surface area contributed by atoms with Gasteiger partial charge in [0.1, 0.15) is 11.3 Å². The van der Waals surface area contributed by atoms with Crippen LogP contribution in [0.3, 0.4) is 0 Å². The maximum absolute atomic E-state index is 12.6. The molecule has 0 aliphatic carbocycles. The molecule has 13 heteroatoms. The molecule has 0 aliphatic rings. The zero-order valence-corrected chi connectivity index (χ0v) is 20.6. The number of aromatic nitrogens is 5. The highest BCUT2D eigenvalue weighted by molar-refractivity contribution is 6.05. The van der Waals surface area contributed by atoms with Crippen molar-refractivity contribution in [3.05, 3.63) is 46.5 Å². The molecule has 3 rings (SSSR count). The van der Waals surface area contributed by atoms with Crippen molar-refractivity contribution >= 4 is 28.7 Å². The molecule has 36 heavy (non-hydrogen) atoms. The van der Waals surface area contributed by atoms with E-state index in [1.54, 1.807) is 42.2 Å². The maximum atomic E-state index is 12.6. The second-order valence-electron chi connectivity index (χ2n) is 8.54. The van der Waals surface area contributed by atoms with E-state index in [4.69, 9.17) is 17.2 Å². The van der Waals surface area contributed by atoms with Gasteiger partial charge in [-0.2, -0.15) is 4.98 Å². The summed E-state index contributed by atoms with van der Waals surface area (Å²) in [5, 5.41) is 14.1. The van der Waals surface area contributed by atoms with Crippen molar-refractivity contribution in [1.82, 2.24) is 29.9 Å². The molecule has 0 bridgehead atoms. The number of amides is 1. The number of fused-ring (bicyclic) bond motifs is 1. The molecule has 194 valence electrons. The highest BCUT2D eigenvalue weighted by atomic mass is 16.2. The van der Waals surface area contributed by atoms with E-state index in [0.717, 1.165) is 44.2 Å². The summed E-state index contributed by atoms with van der Waals surface area (Å²) in [6.07, 6.45) is 5.98. The molecule has 0 spiro atoms. The minimum Gasteiger partial charge on any atom is -0.370 e. The molecule has 0 unspecified atom stereocenters. The molecule has 0 fully saturated rings. The summed E-state index contributed by atoms with van der Waals surface area (Å²) < 4.78 is 3.17. The number of nitrogens with two attached hydrogens (primary N) is 3. The highest BCUT2D eigenvalue weighted by Crippen LogP contribution is 2.14. The lowest BCUT2D eigenvalue weighted by Gasteiger charge is -2.18. The quantitative estimate of drug-likeness (QED) is 0.115. The third-order valence-corrected chi connectivity index (χ3v) is 5.76. The number of nitrogens with one attached hydrogen (secondary N) is 2. The number of anilines is 1. The lowest BCUT2D eigenvalue weighted by Crippen LogP contribution is -2.32. The van der Waals surface area contributed by atoms with Crippen LogP contribution < -0.4 is 33.5 Å². The van der Waals surface area contributed by atoms with E-state index in [2.05, 4.69) is 30.9 Å². The summed E-state index contributed by atoms with van der Waals surface area (Å²) in [5.74, 6) is -0.0819. The van der Waals surface area contributed by atoms with Gasteiger partial charge in [0.25, 0.3) is 5.91 Å². The monoisotopic (exact) mass is 497 g/mol. The SMILES string of the molecule is Cn1nnc2cc(C(=O)Nc3ccn(CCC[C@H](CCCN=C(N)N)NCCCN)c(=O)n3)ccc21. The Balaban J connectivity index is 1.52. The summed E-state index contributed by atoms with van der Waals surface area (Å²) in [4.78, 5) is 33.2. The summed E-state index contributed by atoms with van der Waals surface area (Å²) >= 11 is 0. The van der Waals surface area contributed by atoms with Crippen molar-refractivity contribution in [2.45, 2.75) is 44.7 Å². The average molecular weight is 498 g/mol. The van der Waals surface area contributed by atoms with Crippen molar-refractivity contribution in [2.24, 2.45) is 29.2 Å². The lowest BCUT2D eigenvalue weighted by molar-refractivity contribution is 0.102. The Bertz CT molecular complexity index is 1230. The van der Waals surface area contributed by atoms with Crippen LogP contribution in [0.4, 0.5) is 5.82 Å². The topological polar surface area (TPSA) is 197 Å². The van der Waals surface area contributed by atoms with Gasteiger partial charge in [-0.1, -0.05) is 5.21 Å². The zero-order valence-electron chi connectivity index (χ0n) is 20.6. The van der Waals surface area contributed by atoms with Crippen LogP contribution >= 0.6 is 0 Å². The van der Waals surface area contributed by atoms with E-state index in [0.29, 0.717) is 30.7 Å². The first kappa shape index (κ1) is 26.8. The van der Waals surface area contributed by atoms with Crippen LogP contribution in [0.1, 0.15) is 42.5 Å². The Labute approximate surface area is 209 Å². The van der Waals surface area contributed by atoms with Crippen molar-refractivity contribution in [2.75, 3.05) is 25.0 Å². The van der Waals surface area contributed by atoms with Crippen LogP contribution in [0.25, 0.3) is 11.0 Å². The Morgan fingerprint density at radius 3 is 2.72 bits per heavy atom. The number of aliphatic imine (C=N–C) groups is 1. The number of hydrogen-bond acceptors (Lipinski definition) is 8. The van der Waals surface area contributed by atoms with Crippen molar-refractivity contribution in [3.63, 3.8) is 0 Å². The summed E-state index contributed by atoms with van der Waals surface area (Å²) in [7, 11) is 1.78. The molecular weight excluding hydrogens is 462 g/mol. The van der Waals surface area contributed by atoms with Crippen LogP contribution in [-0.2, 0) is 13.6 Å². The van der Waals surface area contributed by atoms with E-state index < -0.39 is 5.69 Å². The number of benzene rings is 1. The number of rotatable bonds is 14. The van der Waals surface area contributed by atoms with E-state index in [9.17, 15) is 9.59 Å². The first-order valence-electron chi connectivity index (χ1n) is 12.0. The van der Waals surface area contributed by atoms with Crippen LogP contribution in [0.2, 0.25) is 0 Å². The van der Waals surface area contributed by atoms with Gasteiger partial charge in [-0.3, -0.25) is 14.4 Å². The van der Waals surface area contributed by atoms with E-state index in [1.165, 1.54) is 4.57 Å². The summed E-state index contributed by atoms with van der Waals surface area (Å²) in [5.41, 5.74) is 17.8. The van der Waals surface area contributed by atoms with Crippen LogP contribution in [0.15, 0.2) is 40.2 Å². The maximum Gasteiger partial charge on any atom is 0.349 e. The third-order valence-electron chi connectivity index (χ3n) is 5.76. The molecule has 0 aliphatic heterocycles. The van der Waals surface area contributed by atoms with Gasteiger partial charge >= 0.3 is 5.69 Å². The van der Waals surface area contributed by atoms with Gasteiger partial charge in [0, 0.05) is 37.9 Å². The fourth-order valence-corrected chi connectivity index (χ4v) is 3.85. The van der Waals surface area contributed by atoms with Gasteiger partial charge in [-0.05, 0) is 69.5 Å². The minimum atomic E-state index is -0.419. The summed E-state index contributed by atoms with van der Waals surface area (Å²) in [6, 6.07) is 6.99. The molecule has 3 aromatic rings. The largest absolute Gasteiger partial charge is 0.370 e. The fourth-order valence-electron chi connectivity index (χ4n) is 3.85. The molecule has 2 heterocycles.